The van der Waals surface area contributed by atoms with Crippen LogP contribution in [0.25, 0.3) is 0 Å². The highest BCUT2D eigenvalue weighted by molar-refractivity contribution is 7.80. The lowest BCUT2D eigenvalue weighted by molar-refractivity contribution is -0.384. The van der Waals surface area contributed by atoms with Gasteiger partial charge in [-0.15, -0.1) is 0 Å². The Bertz CT molecular complexity index is 886. The Kier molecular flexibility index (Phi) is 6.21. The van der Waals surface area contributed by atoms with Crippen molar-refractivity contribution in [2.75, 3.05) is 12.4 Å². The van der Waals surface area contributed by atoms with Gasteiger partial charge in [-0.2, -0.15) is 0 Å². The van der Waals surface area contributed by atoms with Gasteiger partial charge in [0.2, 0.25) is 0 Å². The highest BCUT2D eigenvalue weighted by Gasteiger charge is 2.13. The molecule has 26 heavy (non-hydrogen) atoms. The third kappa shape index (κ3) is 4.74. The van der Waals surface area contributed by atoms with E-state index in [1.807, 2.05) is 0 Å². The molecule has 0 saturated carbocycles. The molecule has 0 saturated heterocycles. The van der Waals surface area contributed by atoms with Crippen molar-refractivity contribution in [2.24, 2.45) is 0 Å². The fourth-order valence-electron chi connectivity index (χ4n) is 1.92. The van der Waals surface area contributed by atoms with Crippen LogP contribution in [0.1, 0.15) is 20.7 Å². The molecule has 2 aromatic carbocycles. The van der Waals surface area contributed by atoms with Crippen molar-refractivity contribution in [1.29, 1.82) is 0 Å². The fraction of sp³-hybridized carbons (Fsp3) is 0.0625. The lowest BCUT2D eigenvalue weighted by atomic mass is 10.1. The van der Waals surface area contributed by atoms with Gasteiger partial charge in [0, 0.05) is 17.7 Å². The summed E-state index contributed by atoms with van der Waals surface area (Å²) in [6.07, 6.45) is 0. The monoisotopic (exact) mass is 393 g/mol. The summed E-state index contributed by atoms with van der Waals surface area (Å²) in [7, 11) is 1.26. The molecule has 0 unspecified atom stereocenters. The molecule has 0 radical (unpaired) electrons. The molecule has 0 heterocycles. The zero-order valence-corrected chi connectivity index (χ0v) is 14.9. The van der Waals surface area contributed by atoms with Crippen LogP contribution in [0.4, 0.5) is 11.4 Å². The van der Waals surface area contributed by atoms with Crippen molar-refractivity contribution in [3.05, 3.63) is 68.7 Å². The average Bonchev–Trinajstić information content (AvgIpc) is 2.62. The van der Waals surface area contributed by atoms with E-state index in [2.05, 4.69) is 15.4 Å². The van der Waals surface area contributed by atoms with E-state index in [-0.39, 0.29) is 21.4 Å². The molecule has 2 aromatic rings. The second kappa shape index (κ2) is 8.37. The molecule has 2 N–H and O–H groups in total. The van der Waals surface area contributed by atoms with Crippen LogP contribution in [-0.4, -0.2) is 29.0 Å². The summed E-state index contributed by atoms with van der Waals surface area (Å²) in [4.78, 5) is 33.6. The maximum Gasteiger partial charge on any atom is 0.337 e. The SMILES string of the molecule is COC(=O)c1ccc(C(=O)NC(=S)Nc2ccc([N+](=O)[O-])cc2Cl)cc1. The number of anilines is 1. The van der Waals surface area contributed by atoms with Crippen molar-refractivity contribution < 1.29 is 19.2 Å². The highest BCUT2D eigenvalue weighted by atomic mass is 35.5. The number of carbonyl (C=O) groups excluding carboxylic acids is 2. The summed E-state index contributed by atoms with van der Waals surface area (Å²) >= 11 is 11.0. The quantitative estimate of drug-likeness (QED) is 0.355. The van der Waals surface area contributed by atoms with Crippen LogP contribution in [0.5, 0.6) is 0 Å². The molecule has 0 aliphatic carbocycles. The number of carbonyl (C=O) groups is 2. The average molecular weight is 394 g/mol. The molecule has 0 atom stereocenters. The third-order valence-electron chi connectivity index (χ3n) is 3.21. The summed E-state index contributed by atoms with van der Waals surface area (Å²) in [6, 6.07) is 9.59. The molecule has 0 aliphatic heterocycles. The number of hydrogen-bond donors (Lipinski definition) is 2. The summed E-state index contributed by atoms with van der Waals surface area (Å²) in [5.41, 5.74) is 0.726. The number of benzene rings is 2. The molecular weight excluding hydrogens is 382 g/mol. The van der Waals surface area contributed by atoms with E-state index >= 15 is 0 Å². The standard InChI is InChI=1S/C16H12ClN3O5S/c1-25-15(22)10-4-2-9(3-5-10)14(21)19-16(26)18-13-7-6-11(20(23)24)8-12(13)17/h2-8H,1H3,(H2,18,19,21,26). The minimum absolute atomic E-state index is 0.0391. The van der Waals surface area contributed by atoms with Gasteiger partial charge in [0.1, 0.15) is 0 Å². The Labute approximate surface area is 158 Å². The summed E-state index contributed by atoms with van der Waals surface area (Å²) < 4.78 is 4.58. The van der Waals surface area contributed by atoms with E-state index in [4.69, 9.17) is 23.8 Å². The van der Waals surface area contributed by atoms with Gasteiger partial charge in [-0.3, -0.25) is 20.2 Å². The first-order valence-corrected chi connectivity index (χ1v) is 7.85. The number of halogens is 1. The minimum Gasteiger partial charge on any atom is -0.465 e. The normalized spacial score (nSPS) is 9.92. The Morgan fingerprint density at radius 1 is 1.15 bits per heavy atom. The number of ether oxygens (including phenoxy) is 1. The zero-order chi connectivity index (χ0) is 19.3. The highest BCUT2D eigenvalue weighted by Crippen LogP contribution is 2.26. The number of nitro benzene ring substituents is 1. The summed E-state index contributed by atoms with van der Waals surface area (Å²) in [5, 5.41) is 15.9. The molecule has 1 amide bonds. The maximum atomic E-state index is 12.1. The predicted octanol–water partition coefficient (Wildman–Crippen LogP) is 3.16. The van der Waals surface area contributed by atoms with E-state index in [1.54, 1.807) is 0 Å². The number of non-ortho nitro benzene ring substituents is 1. The van der Waals surface area contributed by atoms with E-state index in [1.165, 1.54) is 49.6 Å². The van der Waals surface area contributed by atoms with Crippen LogP contribution in [0.3, 0.4) is 0 Å². The predicted molar refractivity (Wildman–Crippen MR) is 99.6 cm³/mol. The van der Waals surface area contributed by atoms with Gasteiger partial charge in [-0.25, -0.2) is 4.79 Å². The first-order chi connectivity index (χ1) is 12.3. The number of nitrogens with one attached hydrogen (secondary N) is 2. The second-order valence-electron chi connectivity index (χ2n) is 4.90. The molecule has 0 spiro atoms. The molecule has 10 heteroatoms. The molecule has 134 valence electrons. The van der Waals surface area contributed by atoms with Gasteiger partial charge < -0.3 is 10.1 Å². The van der Waals surface area contributed by atoms with Gasteiger partial charge in [-0.05, 0) is 42.5 Å². The second-order valence-corrected chi connectivity index (χ2v) is 5.71. The number of thiocarbonyl (C=S) groups is 1. The topological polar surface area (TPSA) is 111 Å². The minimum atomic E-state index is -0.576. The van der Waals surface area contributed by atoms with E-state index in [0.717, 1.165) is 0 Å². The molecule has 0 aliphatic rings. The van der Waals surface area contributed by atoms with E-state index < -0.39 is 16.8 Å². The Balaban J connectivity index is 2.02. The molecule has 2 rings (SSSR count). The van der Waals surface area contributed by atoms with Crippen molar-refractivity contribution >= 4 is 52.2 Å². The zero-order valence-electron chi connectivity index (χ0n) is 13.3. The maximum absolute atomic E-state index is 12.1. The van der Waals surface area contributed by atoms with Crippen LogP contribution in [0.2, 0.25) is 5.02 Å². The van der Waals surface area contributed by atoms with Crippen LogP contribution < -0.4 is 10.6 Å². The summed E-state index contributed by atoms with van der Waals surface area (Å²) in [6.45, 7) is 0. The largest absolute Gasteiger partial charge is 0.465 e. The number of nitro groups is 1. The van der Waals surface area contributed by atoms with Crippen molar-refractivity contribution in [1.82, 2.24) is 5.32 Å². The van der Waals surface area contributed by atoms with Crippen molar-refractivity contribution in [3.63, 3.8) is 0 Å². The Morgan fingerprint density at radius 3 is 2.31 bits per heavy atom. The van der Waals surface area contributed by atoms with Gasteiger partial charge >= 0.3 is 5.97 Å². The van der Waals surface area contributed by atoms with Crippen LogP contribution >= 0.6 is 23.8 Å². The Morgan fingerprint density at radius 2 is 1.77 bits per heavy atom. The molecule has 0 bridgehead atoms. The van der Waals surface area contributed by atoms with Crippen LogP contribution in [-0.2, 0) is 4.74 Å². The molecule has 8 nitrogen and oxygen atoms in total. The first-order valence-electron chi connectivity index (χ1n) is 7.06. The van der Waals surface area contributed by atoms with Crippen molar-refractivity contribution in [3.8, 4) is 0 Å². The molecule has 0 aromatic heterocycles. The van der Waals surface area contributed by atoms with Crippen molar-refractivity contribution in [2.45, 2.75) is 0 Å². The van der Waals surface area contributed by atoms with Gasteiger partial charge in [0.05, 0.1) is 28.3 Å². The number of rotatable bonds is 4. The lowest BCUT2D eigenvalue weighted by Crippen LogP contribution is -2.34. The van der Waals surface area contributed by atoms with E-state index in [9.17, 15) is 19.7 Å². The molecule has 0 fully saturated rings. The molecular formula is C16H12ClN3O5S. The van der Waals surface area contributed by atoms with E-state index in [0.29, 0.717) is 11.3 Å². The number of esters is 1. The van der Waals surface area contributed by atoms with Gasteiger partial charge in [0.15, 0.2) is 5.11 Å². The van der Waals surface area contributed by atoms with Gasteiger partial charge in [-0.1, -0.05) is 11.6 Å². The fourth-order valence-corrected chi connectivity index (χ4v) is 2.35. The van der Waals surface area contributed by atoms with Crippen LogP contribution in [0.15, 0.2) is 42.5 Å². The number of methoxy groups -OCH3 is 1. The van der Waals surface area contributed by atoms with Gasteiger partial charge in [0.25, 0.3) is 11.6 Å². The summed E-state index contributed by atoms with van der Waals surface area (Å²) in [5.74, 6) is -1.01. The lowest BCUT2D eigenvalue weighted by Gasteiger charge is -2.11. The number of amides is 1. The smallest absolute Gasteiger partial charge is 0.337 e. The number of hydrogen-bond acceptors (Lipinski definition) is 6. The van der Waals surface area contributed by atoms with Crippen LogP contribution in [0, 0.1) is 10.1 Å². The third-order valence-corrected chi connectivity index (χ3v) is 3.72. The first kappa shape index (κ1) is 19.3. The Hall–Kier alpha value is -3.04. The number of nitrogens with zero attached hydrogens (tertiary/aromatic N) is 1.